The fourth-order valence-electron chi connectivity index (χ4n) is 5.01. The quantitative estimate of drug-likeness (QED) is 0.658. The zero-order valence-electron chi connectivity index (χ0n) is 18.2. The highest BCUT2D eigenvalue weighted by Gasteiger charge is 2.55. The second-order valence-corrected chi connectivity index (χ2v) is 9.32. The Morgan fingerprint density at radius 2 is 1.73 bits per heavy atom. The molecular formula is C25H25F3N2O3. The second kappa shape index (κ2) is 7.87. The Labute approximate surface area is 189 Å². The maximum Gasteiger partial charge on any atom is 0.416 e. The molecule has 2 unspecified atom stereocenters. The number of rotatable bonds is 6. The van der Waals surface area contributed by atoms with E-state index in [1.165, 1.54) is 19.2 Å². The third-order valence-electron chi connectivity index (χ3n) is 7.16. The average molecular weight is 458 g/mol. The number of esters is 1. The molecule has 2 aliphatic carbocycles. The molecule has 2 aromatic rings. The number of benzene rings is 2. The molecule has 33 heavy (non-hydrogen) atoms. The monoisotopic (exact) mass is 458 g/mol. The van der Waals surface area contributed by atoms with E-state index in [2.05, 4.69) is 10.2 Å². The predicted molar refractivity (Wildman–Crippen MR) is 114 cm³/mol. The Kier molecular flexibility index (Phi) is 5.23. The van der Waals surface area contributed by atoms with Crippen molar-refractivity contribution >= 4 is 11.9 Å². The molecule has 2 saturated carbocycles. The van der Waals surface area contributed by atoms with Crippen LogP contribution in [0, 0.1) is 5.92 Å². The highest BCUT2D eigenvalue weighted by Crippen LogP contribution is 2.50. The van der Waals surface area contributed by atoms with Crippen LogP contribution in [0.2, 0.25) is 0 Å². The van der Waals surface area contributed by atoms with Gasteiger partial charge in [-0.15, -0.1) is 0 Å². The summed E-state index contributed by atoms with van der Waals surface area (Å²) in [4.78, 5) is 27.1. The van der Waals surface area contributed by atoms with Gasteiger partial charge in [0.15, 0.2) is 0 Å². The summed E-state index contributed by atoms with van der Waals surface area (Å²) in [5.74, 6) is 0.0351. The zero-order valence-corrected chi connectivity index (χ0v) is 18.2. The lowest BCUT2D eigenvalue weighted by Gasteiger charge is -2.29. The zero-order chi connectivity index (χ0) is 23.4. The van der Waals surface area contributed by atoms with Gasteiger partial charge in [-0.2, -0.15) is 13.2 Å². The van der Waals surface area contributed by atoms with Crippen molar-refractivity contribution in [2.24, 2.45) is 5.92 Å². The van der Waals surface area contributed by atoms with E-state index in [9.17, 15) is 22.8 Å². The lowest BCUT2D eigenvalue weighted by Crippen LogP contribution is -2.48. The van der Waals surface area contributed by atoms with Crippen molar-refractivity contribution < 1.29 is 27.5 Å². The van der Waals surface area contributed by atoms with Gasteiger partial charge in [0.25, 0.3) is 0 Å². The number of halogens is 3. The molecule has 1 N–H and O–H groups in total. The molecule has 1 aliphatic heterocycles. The van der Waals surface area contributed by atoms with Gasteiger partial charge in [0.1, 0.15) is 0 Å². The van der Waals surface area contributed by atoms with Crippen LogP contribution in [0.1, 0.15) is 52.7 Å². The SMILES string of the molecule is COC(=O)c1ccc(C2(NC(=O)[C@H]3CC4CC4N3Cc3ccc(C(F)(F)F)cc3)CC2)cc1. The van der Waals surface area contributed by atoms with Crippen LogP contribution >= 0.6 is 0 Å². The number of nitrogens with zero attached hydrogens (tertiary/aromatic N) is 1. The minimum absolute atomic E-state index is 0.0383. The van der Waals surface area contributed by atoms with Crippen LogP contribution in [0.15, 0.2) is 48.5 Å². The summed E-state index contributed by atoms with van der Waals surface area (Å²) in [6, 6.07) is 12.3. The molecular weight excluding hydrogens is 433 g/mol. The van der Waals surface area contributed by atoms with Crippen molar-refractivity contribution in [3.05, 3.63) is 70.8 Å². The van der Waals surface area contributed by atoms with Crippen molar-refractivity contribution in [3.63, 3.8) is 0 Å². The van der Waals surface area contributed by atoms with E-state index in [4.69, 9.17) is 4.74 Å². The number of methoxy groups -OCH3 is 1. The molecule has 5 rings (SSSR count). The van der Waals surface area contributed by atoms with Crippen molar-refractivity contribution in [2.75, 3.05) is 7.11 Å². The molecule has 1 amide bonds. The molecule has 0 radical (unpaired) electrons. The van der Waals surface area contributed by atoms with Gasteiger partial charge >= 0.3 is 12.1 Å². The molecule has 0 aromatic heterocycles. The van der Waals surface area contributed by atoms with Gasteiger partial charge in [-0.3, -0.25) is 9.69 Å². The maximum absolute atomic E-state index is 13.3. The Hall–Kier alpha value is -2.87. The van der Waals surface area contributed by atoms with Crippen LogP contribution in [0.25, 0.3) is 0 Å². The summed E-state index contributed by atoms with van der Waals surface area (Å²) >= 11 is 0. The summed E-state index contributed by atoms with van der Waals surface area (Å²) in [6.45, 7) is 0.457. The van der Waals surface area contributed by atoms with Gasteiger partial charge in [-0.05, 0) is 67.0 Å². The fraction of sp³-hybridized carbons (Fsp3) is 0.440. The molecule has 1 saturated heterocycles. The van der Waals surface area contributed by atoms with Crippen molar-refractivity contribution in [1.29, 1.82) is 0 Å². The molecule has 2 aromatic carbocycles. The molecule has 3 aliphatic rings. The summed E-state index contributed by atoms with van der Waals surface area (Å²) in [5, 5.41) is 3.23. The second-order valence-electron chi connectivity index (χ2n) is 9.32. The molecule has 3 fully saturated rings. The number of hydrogen-bond acceptors (Lipinski definition) is 4. The average Bonchev–Trinajstić information content (AvgIpc) is 3.72. The Morgan fingerprint density at radius 1 is 1.06 bits per heavy atom. The van der Waals surface area contributed by atoms with Gasteiger partial charge in [0.05, 0.1) is 29.8 Å². The molecule has 0 bridgehead atoms. The van der Waals surface area contributed by atoms with Crippen LogP contribution in [0.5, 0.6) is 0 Å². The molecule has 174 valence electrons. The fourth-order valence-corrected chi connectivity index (χ4v) is 5.01. The van der Waals surface area contributed by atoms with E-state index >= 15 is 0 Å². The molecule has 0 spiro atoms. The largest absolute Gasteiger partial charge is 0.465 e. The lowest BCUT2D eigenvalue weighted by molar-refractivity contribution is -0.137. The molecule has 5 nitrogen and oxygen atoms in total. The van der Waals surface area contributed by atoms with E-state index in [0.29, 0.717) is 24.1 Å². The number of hydrogen-bond donors (Lipinski definition) is 1. The number of amides is 1. The van der Waals surface area contributed by atoms with Gasteiger partial charge in [0.2, 0.25) is 5.91 Å². The number of nitrogens with one attached hydrogen (secondary N) is 1. The summed E-state index contributed by atoms with van der Waals surface area (Å²) in [6.07, 6.45) is -0.896. The first-order valence-electron chi connectivity index (χ1n) is 11.1. The number of carbonyl (C=O) groups is 2. The minimum atomic E-state index is -4.36. The summed E-state index contributed by atoms with van der Waals surface area (Å²) in [5.41, 5.74) is 1.11. The number of likely N-dealkylation sites (tertiary alicyclic amines) is 1. The predicted octanol–water partition coefficient (Wildman–Crippen LogP) is 4.26. The smallest absolute Gasteiger partial charge is 0.416 e. The van der Waals surface area contributed by atoms with Gasteiger partial charge in [-0.25, -0.2) is 4.79 Å². The maximum atomic E-state index is 13.3. The topological polar surface area (TPSA) is 58.6 Å². The molecule has 3 atom stereocenters. The Balaban J connectivity index is 1.27. The van der Waals surface area contributed by atoms with Crippen molar-refractivity contribution in [3.8, 4) is 0 Å². The molecule has 8 heteroatoms. The number of alkyl halides is 3. The third-order valence-corrected chi connectivity index (χ3v) is 7.16. The normalized spacial score (nSPS) is 25.3. The van der Waals surface area contributed by atoms with E-state index in [-0.39, 0.29) is 11.9 Å². The van der Waals surface area contributed by atoms with Crippen LogP contribution in [-0.4, -0.2) is 36.0 Å². The Bertz CT molecular complexity index is 1060. The number of ether oxygens (including phenoxy) is 1. The lowest BCUT2D eigenvalue weighted by atomic mass is 10.0. The number of carbonyl (C=O) groups excluding carboxylic acids is 2. The molecule has 1 heterocycles. The first-order valence-corrected chi connectivity index (χ1v) is 11.1. The summed E-state index contributed by atoms with van der Waals surface area (Å²) < 4.78 is 43.3. The Morgan fingerprint density at radius 3 is 2.30 bits per heavy atom. The van der Waals surface area contributed by atoms with Crippen molar-refractivity contribution in [2.45, 2.75) is 56.0 Å². The van der Waals surface area contributed by atoms with Crippen molar-refractivity contribution in [1.82, 2.24) is 10.2 Å². The summed E-state index contributed by atoms with van der Waals surface area (Å²) in [7, 11) is 1.33. The van der Waals surface area contributed by atoms with Gasteiger partial charge in [0, 0.05) is 12.6 Å². The van der Waals surface area contributed by atoms with Gasteiger partial charge < -0.3 is 10.1 Å². The van der Waals surface area contributed by atoms with Crippen LogP contribution in [-0.2, 0) is 27.8 Å². The standard InChI is InChI=1S/C25H25F3N2O3/c1-33-23(32)16-4-8-18(9-5-16)24(10-11-24)29-22(31)21-13-17-12-20(17)30(21)14-15-2-6-19(7-3-15)25(26,27)28/h2-9,17,20-21H,10-14H2,1H3,(H,29,31)/t17?,20?,21-/m1/s1. The van der Waals surface area contributed by atoms with Crippen LogP contribution < -0.4 is 5.32 Å². The highest BCUT2D eigenvalue weighted by atomic mass is 19.4. The number of piperidine rings is 1. The number of fused-ring (bicyclic) bond motifs is 1. The van der Waals surface area contributed by atoms with E-state index in [0.717, 1.165) is 48.9 Å². The van der Waals surface area contributed by atoms with Gasteiger partial charge in [-0.1, -0.05) is 24.3 Å². The van der Waals surface area contributed by atoms with E-state index < -0.39 is 23.2 Å². The first kappa shape index (κ1) is 21.9. The van der Waals surface area contributed by atoms with Crippen LogP contribution in [0.4, 0.5) is 13.2 Å². The van der Waals surface area contributed by atoms with E-state index in [1.54, 1.807) is 12.1 Å². The highest BCUT2D eigenvalue weighted by molar-refractivity contribution is 5.89. The van der Waals surface area contributed by atoms with E-state index in [1.807, 2.05) is 12.1 Å². The first-order chi connectivity index (χ1) is 15.7. The van der Waals surface area contributed by atoms with Crippen LogP contribution in [0.3, 0.4) is 0 Å². The minimum Gasteiger partial charge on any atom is -0.465 e. The third kappa shape index (κ3) is 4.24.